The molecule has 0 aliphatic carbocycles. The number of furan rings is 2. The van der Waals surface area contributed by atoms with E-state index in [2.05, 4.69) is 52.3 Å². The molecule has 174 valence electrons. The second-order valence-electron chi connectivity index (χ2n) is 9.05. The van der Waals surface area contributed by atoms with Crippen molar-refractivity contribution in [2.75, 3.05) is 4.90 Å². The van der Waals surface area contributed by atoms with Crippen LogP contribution in [0.5, 0.6) is 0 Å². The molecule has 8 aromatic rings. The number of nitrogens with zero attached hydrogens (tertiary/aromatic N) is 3. The van der Waals surface area contributed by atoms with Crippen molar-refractivity contribution in [2.45, 2.75) is 0 Å². The molecule has 0 aliphatic rings. The van der Waals surface area contributed by atoms with E-state index < -0.39 is 0 Å². The summed E-state index contributed by atoms with van der Waals surface area (Å²) in [5, 5.41) is 4.24. The van der Waals surface area contributed by atoms with Gasteiger partial charge in [0, 0.05) is 22.4 Å². The van der Waals surface area contributed by atoms with Gasteiger partial charge >= 0.3 is 0 Å². The Morgan fingerprint density at radius 3 is 2.08 bits per heavy atom. The molecule has 4 aromatic heterocycles. The van der Waals surface area contributed by atoms with E-state index in [0.29, 0.717) is 0 Å². The molecule has 0 atom stereocenters. The van der Waals surface area contributed by atoms with Gasteiger partial charge in [-0.25, -0.2) is 4.98 Å². The second-order valence-corrected chi connectivity index (χ2v) is 9.05. The third kappa shape index (κ3) is 2.98. The molecule has 0 bridgehead atoms. The fraction of sp³-hybridized carbons (Fsp3) is 0. The predicted molar refractivity (Wildman–Crippen MR) is 149 cm³/mol. The van der Waals surface area contributed by atoms with E-state index in [4.69, 9.17) is 13.8 Å². The van der Waals surface area contributed by atoms with Crippen LogP contribution in [0.15, 0.2) is 124 Å². The summed E-state index contributed by atoms with van der Waals surface area (Å²) < 4.78 is 12.5. The molecular formula is C32H19N3O2. The lowest BCUT2D eigenvalue weighted by molar-refractivity contribution is 0.667. The van der Waals surface area contributed by atoms with E-state index in [-0.39, 0.29) is 0 Å². The molecule has 0 fully saturated rings. The van der Waals surface area contributed by atoms with Gasteiger partial charge < -0.3 is 8.83 Å². The van der Waals surface area contributed by atoms with Crippen LogP contribution in [0, 0.1) is 0 Å². The highest BCUT2D eigenvalue weighted by Gasteiger charge is 2.23. The molecule has 0 unspecified atom stereocenters. The summed E-state index contributed by atoms with van der Waals surface area (Å²) in [4.78, 5) is 12.0. The van der Waals surface area contributed by atoms with E-state index in [1.165, 1.54) is 0 Å². The molecule has 5 nitrogen and oxygen atoms in total. The van der Waals surface area contributed by atoms with Gasteiger partial charge in [-0.3, -0.25) is 9.88 Å². The van der Waals surface area contributed by atoms with Gasteiger partial charge in [0.15, 0.2) is 11.2 Å². The first-order valence-corrected chi connectivity index (χ1v) is 12.2. The summed E-state index contributed by atoms with van der Waals surface area (Å²) in [6.07, 6.45) is 1.84. The Morgan fingerprint density at radius 2 is 1.22 bits per heavy atom. The topological polar surface area (TPSA) is 55.3 Å². The number of para-hydroxylation sites is 2. The summed E-state index contributed by atoms with van der Waals surface area (Å²) in [7, 11) is 0. The number of rotatable bonds is 3. The van der Waals surface area contributed by atoms with Crippen molar-refractivity contribution in [1.29, 1.82) is 0 Å². The number of hydrogen-bond acceptors (Lipinski definition) is 5. The summed E-state index contributed by atoms with van der Waals surface area (Å²) in [5.74, 6) is 0.767. The van der Waals surface area contributed by atoms with Gasteiger partial charge in [0.1, 0.15) is 28.0 Å². The monoisotopic (exact) mass is 477 g/mol. The second kappa shape index (κ2) is 7.67. The van der Waals surface area contributed by atoms with Crippen molar-refractivity contribution in [3.63, 3.8) is 0 Å². The average molecular weight is 478 g/mol. The first-order chi connectivity index (χ1) is 18.3. The Hall–Kier alpha value is -5.16. The Bertz CT molecular complexity index is 2120. The molecular weight excluding hydrogens is 458 g/mol. The summed E-state index contributed by atoms with van der Waals surface area (Å²) >= 11 is 0. The van der Waals surface area contributed by atoms with Gasteiger partial charge in [-0.1, -0.05) is 60.7 Å². The van der Waals surface area contributed by atoms with Gasteiger partial charge in [-0.15, -0.1) is 0 Å². The summed E-state index contributed by atoms with van der Waals surface area (Å²) in [5.41, 5.74) is 6.63. The molecule has 5 heteroatoms. The van der Waals surface area contributed by atoms with Crippen molar-refractivity contribution in [3.05, 3.63) is 115 Å². The SMILES string of the molecule is c1ccc2c(N(c3ccc4oc5ccccc5c4n3)c3ccnc4c3oc3ccccc34)cccc2c1. The first kappa shape index (κ1) is 20.1. The molecule has 0 amide bonds. The largest absolute Gasteiger partial charge is 0.454 e. The highest BCUT2D eigenvalue weighted by molar-refractivity contribution is 6.10. The van der Waals surface area contributed by atoms with Gasteiger partial charge in [0.2, 0.25) is 0 Å². The van der Waals surface area contributed by atoms with Crippen LogP contribution in [0.25, 0.3) is 54.9 Å². The lowest BCUT2D eigenvalue weighted by atomic mass is 10.1. The number of hydrogen-bond donors (Lipinski definition) is 0. The van der Waals surface area contributed by atoms with Crippen molar-refractivity contribution in [2.24, 2.45) is 0 Å². The predicted octanol–water partition coefficient (Wildman–Crippen LogP) is 8.90. The van der Waals surface area contributed by atoms with Crippen LogP contribution >= 0.6 is 0 Å². The minimum atomic E-state index is 0.718. The quantitative estimate of drug-likeness (QED) is 0.254. The maximum atomic E-state index is 6.41. The molecule has 0 radical (unpaired) electrons. The standard InChI is InChI=1S/C32H19N3O2/c1-2-10-21-20(8-1)9-7-13-24(21)35(25-18-19-33-31-23-12-4-6-15-27(23)37-32(25)31)29-17-16-28-30(34-29)22-11-3-5-14-26(22)36-28/h1-19H. The number of fused-ring (bicyclic) bond motifs is 7. The molecule has 0 spiro atoms. The highest BCUT2D eigenvalue weighted by atomic mass is 16.3. The summed E-state index contributed by atoms with van der Waals surface area (Å²) in [6.45, 7) is 0. The lowest BCUT2D eigenvalue weighted by Gasteiger charge is -2.25. The van der Waals surface area contributed by atoms with Crippen molar-refractivity contribution in [3.8, 4) is 0 Å². The number of pyridine rings is 2. The molecule has 0 N–H and O–H groups in total. The molecule has 37 heavy (non-hydrogen) atoms. The third-order valence-corrected chi connectivity index (χ3v) is 6.92. The van der Waals surface area contributed by atoms with E-state index in [9.17, 15) is 0 Å². The Labute approximate surface area is 211 Å². The normalized spacial score (nSPS) is 11.8. The van der Waals surface area contributed by atoms with Gasteiger partial charge in [-0.05, 0) is 53.9 Å². The molecule has 8 rings (SSSR count). The van der Waals surface area contributed by atoms with Crippen molar-refractivity contribution in [1.82, 2.24) is 9.97 Å². The fourth-order valence-electron chi connectivity index (χ4n) is 5.25. The average Bonchev–Trinajstić information content (AvgIpc) is 3.52. The number of benzene rings is 4. The van der Waals surface area contributed by atoms with Crippen molar-refractivity contribution < 1.29 is 8.83 Å². The van der Waals surface area contributed by atoms with E-state index in [0.717, 1.165) is 72.1 Å². The van der Waals surface area contributed by atoms with Crippen LogP contribution in [0.3, 0.4) is 0 Å². The Balaban J connectivity index is 1.47. The summed E-state index contributed by atoms with van der Waals surface area (Å²) in [6, 6.07) is 36.7. The van der Waals surface area contributed by atoms with Gasteiger partial charge in [0.25, 0.3) is 0 Å². The molecule has 0 saturated carbocycles. The Kier molecular flexibility index (Phi) is 4.16. The minimum Gasteiger partial charge on any atom is -0.454 e. The fourth-order valence-corrected chi connectivity index (χ4v) is 5.25. The van der Waals surface area contributed by atoms with E-state index >= 15 is 0 Å². The molecule has 0 saturated heterocycles. The third-order valence-electron chi connectivity index (χ3n) is 6.92. The molecule has 0 aliphatic heterocycles. The van der Waals surface area contributed by atoms with Gasteiger partial charge in [-0.2, -0.15) is 0 Å². The van der Waals surface area contributed by atoms with Gasteiger partial charge in [0.05, 0.1) is 11.4 Å². The van der Waals surface area contributed by atoms with E-state index in [1.807, 2.05) is 72.9 Å². The van der Waals surface area contributed by atoms with Crippen LogP contribution in [0.2, 0.25) is 0 Å². The van der Waals surface area contributed by atoms with Crippen LogP contribution in [-0.4, -0.2) is 9.97 Å². The first-order valence-electron chi connectivity index (χ1n) is 12.2. The van der Waals surface area contributed by atoms with Crippen LogP contribution < -0.4 is 4.90 Å². The zero-order chi connectivity index (χ0) is 24.3. The maximum Gasteiger partial charge on any atom is 0.177 e. The van der Waals surface area contributed by atoms with Crippen LogP contribution in [0.4, 0.5) is 17.2 Å². The van der Waals surface area contributed by atoms with Crippen LogP contribution in [0.1, 0.15) is 0 Å². The smallest absolute Gasteiger partial charge is 0.177 e. The molecule has 4 heterocycles. The van der Waals surface area contributed by atoms with Crippen molar-refractivity contribution >= 4 is 72.1 Å². The zero-order valence-corrected chi connectivity index (χ0v) is 19.6. The highest BCUT2D eigenvalue weighted by Crippen LogP contribution is 2.43. The number of aromatic nitrogens is 2. The maximum absolute atomic E-state index is 6.41. The number of anilines is 3. The zero-order valence-electron chi connectivity index (χ0n) is 19.6. The Morgan fingerprint density at radius 1 is 0.514 bits per heavy atom. The lowest BCUT2D eigenvalue weighted by Crippen LogP contribution is -2.12. The molecule has 4 aromatic carbocycles. The van der Waals surface area contributed by atoms with E-state index in [1.54, 1.807) is 0 Å². The minimum absolute atomic E-state index is 0.718. The van der Waals surface area contributed by atoms with Crippen LogP contribution in [-0.2, 0) is 0 Å².